The van der Waals surface area contributed by atoms with E-state index in [1.807, 2.05) is 38.1 Å². The Labute approximate surface area is 142 Å². The Morgan fingerprint density at radius 3 is 2.17 bits per heavy atom. The highest BCUT2D eigenvalue weighted by Gasteiger charge is 2.45. The summed E-state index contributed by atoms with van der Waals surface area (Å²) in [6.07, 6.45) is 0.582. The third-order valence-electron chi connectivity index (χ3n) is 4.66. The molecule has 4 heteroatoms. The highest BCUT2D eigenvalue weighted by Crippen LogP contribution is 2.33. The first-order valence-corrected chi connectivity index (χ1v) is 8.08. The number of imide groups is 1. The lowest BCUT2D eigenvalue weighted by atomic mass is 9.90. The van der Waals surface area contributed by atoms with E-state index in [1.165, 1.54) is 10.5 Å². The minimum atomic E-state index is -0.319. The van der Waals surface area contributed by atoms with Gasteiger partial charge in [-0.15, -0.1) is 0 Å². The van der Waals surface area contributed by atoms with Crippen molar-refractivity contribution in [2.45, 2.75) is 20.3 Å². The minimum Gasteiger partial charge on any atom is -0.497 e. The fraction of sp³-hybridized carbons (Fsp3) is 0.300. The van der Waals surface area contributed by atoms with Crippen LogP contribution in [0.3, 0.4) is 0 Å². The van der Waals surface area contributed by atoms with E-state index in [9.17, 15) is 9.59 Å². The number of nitrogens with zero attached hydrogens (tertiary/aromatic N) is 1. The zero-order valence-electron chi connectivity index (χ0n) is 14.2. The molecule has 0 aliphatic carbocycles. The molecule has 3 rings (SSSR count). The normalized spacial score (nSPS) is 20.5. The predicted octanol–water partition coefficient (Wildman–Crippen LogP) is 3.37. The van der Waals surface area contributed by atoms with Crippen molar-refractivity contribution in [1.82, 2.24) is 0 Å². The molecule has 0 bridgehead atoms. The smallest absolute Gasteiger partial charge is 0.238 e. The van der Waals surface area contributed by atoms with Gasteiger partial charge < -0.3 is 4.74 Å². The summed E-state index contributed by atoms with van der Waals surface area (Å²) in [5.74, 6) is -0.203. The Morgan fingerprint density at radius 1 is 0.958 bits per heavy atom. The molecule has 1 fully saturated rings. The molecule has 2 atom stereocenters. The summed E-state index contributed by atoms with van der Waals surface area (Å²) in [7, 11) is 1.58. The summed E-state index contributed by atoms with van der Waals surface area (Å²) in [4.78, 5) is 26.7. The van der Waals surface area contributed by atoms with Gasteiger partial charge in [-0.3, -0.25) is 14.5 Å². The van der Waals surface area contributed by atoms with Gasteiger partial charge in [-0.2, -0.15) is 0 Å². The number of methoxy groups -OCH3 is 1. The molecule has 1 heterocycles. The van der Waals surface area contributed by atoms with E-state index in [-0.39, 0.29) is 23.7 Å². The van der Waals surface area contributed by atoms with Crippen molar-refractivity contribution < 1.29 is 14.3 Å². The fourth-order valence-electron chi connectivity index (χ4n) is 3.09. The van der Waals surface area contributed by atoms with Crippen LogP contribution >= 0.6 is 0 Å². The second-order valence-electron chi connectivity index (χ2n) is 6.29. The maximum atomic E-state index is 12.8. The van der Waals surface area contributed by atoms with Gasteiger partial charge in [-0.05, 0) is 43.2 Å². The van der Waals surface area contributed by atoms with Crippen LogP contribution in [-0.4, -0.2) is 18.9 Å². The molecule has 0 aromatic heterocycles. The largest absolute Gasteiger partial charge is 0.497 e. The van der Waals surface area contributed by atoms with Crippen LogP contribution in [0.25, 0.3) is 0 Å². The van der Waals surface area contributed by atoms with Gasteiger partial charge in [0.15, 0.2) is 0 Å². The Hall–Kier alpha value is -2.62. The van der Waals surface area contributed by atoms with Gasteiger partial charge in [-0.1, -0.05) is 36.8 Å². The molecule has 2 aromatic rings. The van der Waals surface area contributed by atoms with Gasteiger partial charge in [0.1, 0.15) is 5.75 Å². The summed E-state index contributed by atoms with van der Waals surface area (Å²) >= 11 is 0. The van der Waals surface area contributed by atoms with Gasteiger partial charge in [0.25, 0.3) is 0 Å². The van der Waals surface area contributed by atoms with Gasteiger partial charge in [0, 0.05) is 5.92 Å². The average molecular weight is 323 g/mol. The number of hydrogen-bond donors (Lipinski definition) is 0. The van der Waals surface area contributed by atoms with Crippen LogP contribution in [0, 0.1) is 18.8 Å². The van der Waals surface area contributed by atoms with Crippen LogP contribution in [0.5, 0.6) is 5.75 Å². The molecule has 2 aromatic carbocycles. The van der Waals surface area contributed by atoms with Crippen LogP contribution < -0.4 is 9.64 Å². The molecular formula is C20H21NO3. The quantitative estimate of drug-likeness (QED) is 0.811. The number of carbonyl (C=O) groups excluding carboxylic acids is 2. The van der Waals surface area contributed by atoms with Crippen molar-refractivity contribution in [3.63, 3.8) is 0 Å². The highest BCUT2D eigenvalue weighted by atomic mass is 16.5. The van der Waals surface area contributed by atoms with Crippen LogP contribution in [0.2, 0.25) is 0 Å². The molecule has 0 spiro atoms. The molecule has 1 aliphatic heterocycles. The maximum absolute atomic E-state index is 12.8. The second kappa shape index (κ2) is 6.48. The lowest BCUT2D eigenvalue weighted by molar-refractivity contribution is -0.122. The number of carbonyl (C=O) groups is 2. The van der Waals surface area contributed by atoms with E-state index >= 15 is 0 Å². The first-order chi connectivity index (χ1) is 11.5. The Kier molecular flexibility index (Phi) is 4.38. The summed E-state index contributed by atoms with van der Waals surface area (Å²) in [6.45, 7) is 3.87. The second-order valence-corrected chi connectivity index (χ2v) is 6.29. The van der Waals surface area contributed by atoms with E-state index in [1.54, 1.807) is 31.4 Å². The lowest BCUT2D eigenvalue weighted by Crippen LogP contribution is -2.31. The van der Waals surface area contributed by atoms with Crippen molar-refractivity contribution >= 4 is 17.5 Å². The molecule has 1 aliphatic rings. The molecule has 124 valence electrons. The van der Waals surface area contributed by atoms with Gasteiger partial charge >= 0.3 is 0 Å². The molecule has 0 N–H and O–H groups in total. The standard InChI is InChI=1S/C20H21NO3/c1-13-4-6-15(7-5-13)12-18-14(2)19(22)21(20(18)23)16-8-10-17(24-3)11-9-16/h4-11,14,18H,12H2,1-3H3/t14-,18-/m0/s1. The van der Waals surface area contributed by atoms with Crippen molar-refractivity contribution in [2.75, 3.05) is 12.0 Å². The van der Waals surface area contributed by atoms with Gasteiger partial charge in [0.2, 0.25) is 11.8 Å². The number of anilines is 1. The molecular weight excluding hydrogens is 302 g/mol. The van der Waals surface area contributed by atoms with Crippen LogP contribution in [0.4, 0.5) is 5.69 Å². The minimum absolute atomic E-state index is 0.127. The molecule has 0 saturated carbocycles. The van der Waals surface area contributed by atoms with E-state index in [0.29, 0.717) is 17.9 Å². The van der Waals surface area contributed by atoms with E-state index in [2.05, 4.69) is 0 Å². The van der Waals surface area contributed by atoms with Gasteiger partial charge in [0.05, 0.1) is 18.7 Å². The summed E-state index contributed by atoms with van der Waals surface area (Å²) in [5, 5.41) is 0. The number of hydrogen-bond acceptors (Lipinski definition) is 3. The van der Waals surface area contributed by atoms with E-state index in [4.69, 9.17) is 4.74 Å². The number of rotatable bonds is 4. The lowest BCUT2D eigenvalue weighted by Gasteiger charge is -2.15. The third kappa shape index (κ3) is 2.92. The van der Waals surface area contributed by atoms with Gasteiger partial charge in [-0.25, -0.2) is 0 Å². The first-order valence-electron chi connectivity index (χ1n) is 8.08. The molecule has 24 heavy (non-hydrogen) atoms. The molecule has 4 nitrogen and oxygen atoms in total. The summed E-state index contributed by atoms with van der Waals surface area (Å²) in [5.41, 5.74) is 2.86. The Balaban J connectivity index is 1.84. The SMILES string of the molecule is COc1ccc(N2C(=O)[C@@H](C)[C@H](Cc3ccc(C)cc3)C2=O)cc1. The highest BCUT2D eigenvalue weighted by molar-refractivity contribution is 6.21. The van der Waals surface area contributed by atoms with Crippen molar-refractivity contribution in [3.05, 3.63) is 59.7 Å². The zero-order valence-corrected chi connectivity index (χ0v) is 14.2. The van der Waals surface area contributed by atoms with Crippen LogP contribution in [0.15, 0.2) is 48.5 Å². The predicted molar refractivity (Wildman–Crippen MR) is 93.0 cm³/mol. The number of aryl methyl sites for hydroxylation is 1. The van der Waals surface area contributed by atoms with Crippen molar-refractivity contribution in [1.29, 1.82) is 0 Å². The van der Waals surface area contributed by atoms with Crippen molar-refractivity contribution in [3.8, 4) is 5.75 Å². The number of amides is 2. The average Bonchev–Trinajstić information content (AvgIpc) is 2.80. The molecule has 0 unspecified atom stereocenters. The van der Waals surface area contributed by atoms with Crippen molar-refractivity contribution in [2.24, 2.45) is 11.8 Å². The molecule has 2 amide bonds. The molecule has 0 radical (unpaired) electrons. The molecule has 1 saturated heterocycles. The van der Waals surface area contributed by atoms with E-state index < -0.39 is 0 Å². The number of benzene rings is 2. The summed E-state index contributed by atoms with van der Waals surface area (Å²) < 4.78 is 5.13. The fourth-order valence-corrected chi connectivity index (χ4v) is 3.09. The topological polar surface area (TPSA) is 46.6 Å². The van der Waals surface area contributed by atoms with Crippen LogP contribution in [-0.2, 0) is 16.0 Å². The number of ether oxygens (including phenoxy) is 1. The third-order valence-corrected chi connectivity index (χ3v) is 4.66. The Morgan fingerprint density at radius 2 is 1.58 bits per heavy atom. The zero-order chi connectivity index (χ0) is 17.3. The monoisotopic (exact) mass is 323 g/mol. The first kappa shape index (κ1) is 16.2. The van der Waals surface area contributed by atoms with Crippen LogP contribution in [0.1, 0.15) is 18.1 Å². The Bertz CT molecular complexity index is 749. The van der Waals surface area contributed by atoms with E-state index in [0.717, 1.165) is 5.56 Å². The maximum Gasteiger partial charge on any atom is 0.238 e. The summed E-state index contributed by atoms with van der Waals surface area (Å²) in [6, 6.07) is 15.1.